The standard InChI is InChI=1S/C35H36N12O/c1-5-16-45(17-6-1)33-34(46-18-14-36-15-19-46)47(32-25-10-3-2-9-24(25)21-41-44-32)35(27-11-8-13-37-27,28-12-4-7-20-48-28)29(42-33)31-38-22-26-30(43-31)40-23-39-26/h2-4,7-13,20-23,28,36-37H,1,5-6,14-19H2,(H,38,39,40,43). The molecule has 13 heteroatoms. The molecule has 0 bridgehead atoms. The van der Waals surface area contributed by atoms with Crippen molar-refractivity contribution in [1.29, 1.82) is 0 Å². The smallest absolute Gasteiger partial charge is 0.181 e. The molecule has 0 radical (unpaired) electrons. The number of H-pyrrole nitrogens is 2. The van der Waals surface area contributed by atoms with Crippen molar-refractivity contribution >= 4 is 33.5 Å². The highest BCUT2D eigenvalue weighted by atomic mass is 16.5. The summed E-state index contributed by atoms with van der Waals surface area (Å²) in [5.74, 6) is 3.01. The minimum atomic E-state index is -1.16. The second kappa shape index (κ2) is 11.9. The van der Waals surface area contributed by atoms with E-state index in [1.54, 1.807) is 18.8 Å². The van der Waals surface area contributed by atoms with E-state index >= 15 is 0 Å². The van der Waals surface area contributed by atoms with Crippen LogP contribution in [0.2, 0.25) is 0 Å². The van der Waals surface area contributed by atoms with Crippen LogP contribution < -0.4 is 10.2 Å². The van der Waals surface area contributed by atoms with Crippen molar-refractivity contribution in [2.75, 3.05) is 44.2 Å². The highest BCUT2D eigenvalue weighted by Crippen LogP contribution is 2.49. The van der Waals surface area contributed by atoms with Crippen molar-refractivity contribution in [2.24, 2.45) is 4.99 Å². The highest BCUT2D eigenvalue weighted by Gasteiger charge is 2.59. The van der Waals surface area contributed by atoms with Crippen molar-refractivity contribution in [3.63, 3.8) is 0 Å². The van der Waals surface area contributed by atoms with Gasteiger partial charge >= 0.3 is 0 Å². The average Bonchev–Trinajstić information content (AvgIpc) is 3.88. The first-order chi connectivity index (χ1) is 23.8. The first kappa shape index (κ1) is 28.6. The predicted octanol–water partition coefficient (Wildman–Crippen LogP) is 3.82. The van der Waals surface area contributed by atoms with E-state index < -0.39 is 11.6 Å². The number of anilines is 1. The van der Waals surface area contributed by atoms with E-state index in [4.69, 9.17) is 24.8 Å². The highest BCUT2D eigenvalue weighted by molar-refractivity contribution is 6.11. The molecule has 8 heterocycles. The summed E-state index contributed by atoms with van der Waals surface area (Å²) < 4.78 is 6.65. The van der Waals surface area contributed by atoms with Crippen LogP contribution >= 0.6 is 0 Å². The molecule has 4 aromatic heterocycles. The lowest BCUT2D eigenvalue weighted by atomic mass is 9.78. The van der Waals surface area contributed by atoms with Gasteiger partial charge in [-0.25, -0.2) is 19.9 Å². The predicted molar refractivity (Wildman–Crippen MR) is 183 cm³/mol. The van der Waals surface area contributed by atoms with Gasteiger partial charge in [0.1, 0.15) is 11.2 Å². The van der Waals surface area contributed by atoms with Gasteiger partial charge in [-0.15, -0.1) is 5.10 Å². The van der Waals surface area contributed by atoms with Gasteiger partial charge in [0.25, 0.3) is 0 Å². The molecule has 0 aliphatic carbocycles. The summed E-state index contributed by atoms with van der Waals surface area (Å²) >= 11 is 0. The molecule has 48 heavy (non-hydrogen) atoms. The average molecular weight is 641 g/mol. The second-order valence-electron chi connectivity index (χ2n) is 12.4. The molecule has 2 fully saturated rings. The fraction of sp³-hybridized carbons (Fsp3) is 0.314. The number of nitrogens with one attached hydrogen (secondary N) is 3. The lowest BCUT2D eigenvalue weighted by Crippen LogP contribution is -2.65. The zero-order valence-electron chi connectivity index (χ0n) is 26.5. The number of rotatable bonds is 6. The monoisotopic (exact) mass is 640 g/mol. The summed E-state index contributed by atoms with van der Waals surface area (Å²) in [7, 11) is 0. The van der Waals surface area contributed by atoms with Gasteiger partial charge in [0.15, 0.2) is 40.6 Å². The van der Waals surface area contributed by atoms with E-state index in [1.165, 1.54) is 6.42 Å². The first-order valence-corrected chi connectivity index (χ1v) is 16.7. The van der Waals surface area contributed by atoms with E-state index in [0.29, 0.717) is 23.0 Å². The Kier molecular flexibility index (Phi) is 7.11. The maximum atomic E-state index is 6.65. The third-order valence-corrected chi connectivity index (χ3v) is 9.69. The van der Waals surface area contributed by atoms with E-state index in [0.717, 1.165) is 85.7 Å². The Morgan fingerprint density at radius 3 is 2.60 bits per heavy atom. The fourth-order valence-corrected chi connectivity index (χ4v) is 7.46. The molecule has 1 aromatic carbocycles. The molecule has 5 aromatic rings. The molecule has 9 rings (SSSR count). The number of fused-ring (bicyclic) bond motifs is 2. The van der Waals surface area contributed by atoms with Gasteiger partial charge in [-0.05, 0) is 43.5 Å². The molecule has 0 saturated carbocycles. The number of aromatic nitrogens is 7. The maximum Gasteiger partial charge on any atom is 0.181 e. The van der Waals surface area contributed by atoms with Crippen LogP contribution in [-0.2, 0) is 10.3 Å². The normalized spacial score (nSPS) is 23.2. The van der Waals surface area contributed by atoms with Gasteiger partial charge < -0.3 is 29.8 Å². The Labute approximate surface area is 277 Å². The lowest BCUT2D eigenvalue weighted by molar-refractivity contribution is 0.119. The molecule has 13 nitrogen and oxygen atoms in total. The Hall–Kier alpha value is -5.56. The van der Waals surface area contributed by atoms with Crippen LogP contribution in [0, 0.1) is 0 Å². The minimum Gasteiger partial charge on any atom is -0.491 e. The molecule has 0 amide bonds. The summed E-state index contributed by atoms with van der Waals surface area (Å²) in [4.78, 5) is 34.2. The van der Waals surface area contributed by atoms with Gasteiger partial charge in [-0.1, -0.05) is 30.3 Å². The van der Waals surface area contributed by atoms with E-state index in [1.807, 2.05) is 36.7 Å². The molecule has 242 valence electrons. The summed E-state index contributed by atoms with van der Waals surface area (Å²) in [6.07, 6.45) is 17.7. The Balaban J connectivity index is 1.44. The van der Waals surface area contributed by atoms with Crippen LogP contribution in [0.5, 0.6) is 0 Å². The number of piperidine rings is 1. The summed E-state index contributed by atoms with van der Waals surface area (Å²) in [5.41, 5.74) is 1.65. The molecule has 4 aliphatic rings. The second-order valence-corrected chi connectivity index (χ2v) is 12.4. The molecular weight excluding hydrogens is 604 g/mol. The van der Waals surface area contributed by atoms with Gasteiger partial charge in [-0.2, -0.15) is 5.10 Å². The quantitative estimate of drug-likeness (QED) is 0.251. The van der Waals surface area contributed by atoms with Gasteiger partial charge in [0.05, 0.1) is 30.7 Å². The zero-order chi connectivity index (χ0) is 31.9. The molecule has 4 aliphatic heterocycles. The fourth-order valence-electron chi connectivity index (χ4n) is 7.46. The Morgan fingerprint density at radius 1 is 0.875 bits per heavy atom. The number of likely N-dealkylation sites (tertiary alicyclic amines) is 1. The zero-order valence-corrected chi connectivity index (χ0v) is 26.5. The number of aliphatic imine (C=N–C) groups is 1. The van der Waals surface area contributed by atoms with Crippen LogP contribution in [0.15, 0.2) is 102 Å². The minimum absolute atomic E-state index is 0.461. The van der Waals surface area contributed by atoms with Crippen molar-refractivity contribution < 1.29 is 4.74 Å². The van der Waals surface area contributed by atoms with Crippen molar-refractivity contribution in [1.82, 2.24) is 50.2 Å². The molecule has 2 atom stereocenters. The summed E-state index contributed by atoms with van der Waals surface area (Å²) in [6, 6.07) is 12.4. The van der Waals surface area contributed by atoms with E-state index in [2.05, 4.69) is 70.4 Å². The third kappa shape index (κ3) is 4.56. The van der Waals surface area contributed by atoms with E-state index in [-0.39, 0.29) is 0 Å². The van der Waals surface area contributed by atoms with Gasteiger partial charge in [-0.3, -0.25) is 4.90 Å². The molecule has 2 unspecified atom stereocenters. The summed E-state index contributed by atoms with van der Waals surface area (Å²) in [5, 5.41) is 15.1. The van der Waals surface area contributed by atoms with Crippen molar-refractivity contribution in [2.45, 2.75) is 30.9 Å². The number of ether oxygens (including phenoxy) is 1. The van der Waals surface area contributed by atoms with Crippen LogP contribution in [0.4, 0.5) is 5.82 Å². The van der Waals surface area contributed by atoms with Crippen molar-refractivity contribution in [3.05, 3.63) is 109 Å². The number of nitrogens with zero attached hydrogens (tertiary/aromatic N) is 9. The topological polar surface area (TPSA) is 139 Å². The molecule has 3 N–H and O–H groups in total. The molecule has 2 saturated heterocycles. The van der Waals surface area contributed by atoms with Crippen LogP contribution in [-0.4, -0.2) is 96.0 Å². The van der Waals surface area contributed by atoms with Crippen LogP contribution in [0.1, 0.15) is 30.8 Å². The number of piperazine rings is 1. The summed E-state index contributed by atoms with van der Waals surface area (Å²) in [6.45, 7) is 5.08. The Morgan fingerprint density at radius 2 is 1.77 bits per heavy atom. The molecule has 0 spiro atoms. The number of imidazole rings is 1. The number of hydrogen-bond acceptors (Lipinski definition) is 11. The molecular formula is C35H36N12O. The maximum absolute atomic E-state index is 6.65. The van der Waals surface area contributed by atoms with Crippen LogP contribution in [0.3, 0.4) is 0 Å². The van der Waals surface area contributed by atoms with Crippen LogP contribution in [0.25, 0.3) is 21.9 Å². The number of hydrogen-bond donors (Lipinski definition) is 3. The lowest BCUT2D eigenvalue weighted by Gasteiger charge is -2.53. The van der Waals surface area contributed by atoms with Gasteiger partial charge in [0, 0.05) is 56.2 Å². The number of allylic oxidation sites excluding steroid dienone is 2. The third-order valence-electron chi connectivity index (χ3n) is 9.69. The van der Waals surface area contributed by atoms with Crippen molar-refractivity contribution in [3.8, 4) is 0 Å². The number of aromatic amines is 2. The van der Waals surface area contributed by atoms with E-state index in [9.17, 15) is 0 Å². The first-order valence-electron chi connectivity index (χ1n) is 16.7. The Bertz CT molecular complexity index is 2060. The van der Waals surface area contributed by atoms with Gasteiger partial charge in [0.2, 0.25) is 0 Å². The number of benzene rings is 1. The largest absolute Gasteiger partial charge is 0.491 e. The SMILES string of the molecule is C1=COC(C2(c3ccc[nH]3)C(c3ncc4[nH]cnc4n3)=NC(N3CCCCC3)=C(N3CCNCC3)N2c2nncc3ccccc23)C=C1.